The minimum Gasteiger partial charge on any atom is -0.497 e. The summed E-state index contributed by atoms with van der Waals surface area (Å²) in [7, 11) is 3.62. The van der Waals surface area contributed by atoms with Crippen molar-refractivity contribution in [2.45, 2.75) is 6.54 Å². The van der Waals surface area contributed by atoms with Gasteiger partial charge in [0.2, 0.25) is 0 Å². The minimum absolute atomic E-state index is 0.711. The summed E-state index contributed by atoms with van der Waals surface area (Å²) in [5.41, 5.74) is 1.09. The molecule has 0 aliphatic heterocycles. The zero-order chi connectivity index (χ0) is 10.6. The molecule has 0 heterocycles. The van der Waals surface area contributed by atoms with E-state index < -0.39 is 0 Å². The fraction of sp³-hybridized carbons (Fsp3) is 0.400. The van der Waals surface area contributed by atoms with E-state index in [9.17, 15) is 0 Å². The van der Waals surface area contributed by atoms with Crippen molar-refractivity contribution in [3.63, 3.8) is 0 Å². The van der Waals surface area contributed by atoms with Crippen molar-refractivity contribution >= 4 is 24.2 Å². The number of nitrogens with zero attached hydrogens (tertiary/aromatic N) is 1. The van der Waals surface area contributed by atoms with E-state index in [1.165, 1.54) is 0 Å². The van der Waals surface area contributed by atoms with E-state index in [0.29, 0.717) is 5.88 Å². The van der Waals surface area contributed by atoms with Crippen LogP contribution in [-0.2, 0) is 6.54 Å². The molecule has 0 aliphatic rings. The van der Waals surface area contributed by atoms with Crippen LogP contribution >= 0.6 is 24.2 Å². The Morgan fingerprint density at radius 3 is 2.71 bits per heavy atom. The molecule has 0 bridgehead atoms. The molecule has 0 saturated heterocycles. The molecule has 78 valence electrons. The zero-order valence-electron chi connectivity index (χ0n) is 8.33. The Labute approximate surface area is 95.2 Å². The number of methoxy groups -OCH3 is 1. The topological polar surface area (TPSA) is 12.5 Å². The molecule has 0 aliphatic carbocycles. The first kappa shape index (κ1) is 11.7. The first-order valence-corrected chi connectivity index (χ1v) is 5.30. The van der Waals surface area contributed by atoms with Gasteiger partial charge in [-0.25, -0.2) is 0 Å². The van der Waals surface area contributed by atoms with E-state index in [-0.39, 0.29) is 0 Å². The van der Waals surface area contributed by atoms with E-state index >= 15 is 0 Å². The molecular formula is C10H14ClNOS. The lowest BCUT2D eigenvalue weighted by Crippen LogP contribution is -2.15. The second-order valence-corrected chi connectivity index (χ2v) is 3.80. The Morgan fingerprint density at radius 2 is 2.21 bits per heavy atom. The van der Waals surface area contributed by atoms with Gasteiger partial charge in [0.25, 0.3) is 0 Å². The molecule has 1 aromatic carbocycles. The van der Waals surface area contributed by atoms with Gasteiger partial charge in [0, 0.05) is 17.4 Å². The molecule has 0 N–H and O–H groups in total. The Bertz CT molecular complexity index is 306. The minimum atomic E-state index is 0.711. The lowest BCUT2D eigenvalue weighted by molar-refractivity contribution is 0.386. The molecule has 0 unspecified atom stereocenters. The second-order valence-electron chi connectivity index (χ2n) is 3.11. The molecule has 0 fully saturated rings. The monoisotopic (exact) mass is 231 g/mol. The molecule has 1 aromatic rings. The van der Waals surface area contributed by atoms with E-state index in [0.717, 1.165) is 22.9 Å². The number of benzene rings is 1. The predicted octanol–water partition coefficient (Wildman–Crippen LogP) is 2.67. The standard InChI is InChI=1S/C10H14ClNOS/c1-12(7-14)6-8-3-4-9(13-2)5-10(8)11/h3-5,14H,6-7H2,1-2H3. The van der Waals surface area contributed by atoms with E-state index in [4.69, 9.17) is 16.3 Å². The van der Waals surface area contributed by atoms with Crippen LogP contribution in [0.4, 0.5) is 0 Å². The molecule has 2 nitrogen and oxygen atoms in total. The molecule has 0 saturated carbocycles. The molecule has 4 heteroatoms. The third-order valence-electron chi connectivity index (χ3n) is 1.94. The van der Waals surface area contributed by atoms with Crippen molar-refractivity contribution in [3.8, 4) is 5.75 Å². The summed E-state index contributed by atoms with van der Waals surface area (Å²) in [4.78, 5) is 2.07. The average Bonchev–Trinajstić information content (AvgIpc) is 2.20. The van der Waals surface area contributed by atoms with Gasteiger partial charge in [-0.15, -0.1) is 0 Å². The summed E-state index contributed by atoms with van der Waals surface area (Å²) in [6.45, 7) is 0.798. The zero-order valence-corrected chi connectivity index (χ0v) is 9.98. The van der Waals surface area contributed by atoms with E-state index in [2.05, 4.69) is 17.5 Å². The predicted molar refractivity (Wildman–Crippen MR) is 63.3 cm³/mol. The summed E-state index contributed by atoms with van der Waals surface area (Å²) in [5, 5.41) is 0.734. The fourth-order valence-corrected chi connectivity index (χ4v) is 1.45. The molecule has 14 heavy (non-hydrogen) atoms. The number of hydrogen-bond donors (Lipinski definition) is 1. The highest BCUT2D eigenvalue weighted by atomic mass is 35.5. The van der Waals surface area contributed by atoms with Crippen LogP contribution in [0.5, 0.6) is 5.75 Å². The quantitative estimate of drug-likeness (QED) is 0.632. The van der Waals surface area contributed by atoms with Crippen molar-refractivity contribution in [1.82, 2.24) is 4.90 Å². The van der Waals surface area contributed by atoms with Crippen LogP contribution in [0.2, 0.25) is 5.02 Å². The first-order valence-electron chi connectivity index (χ1n) is 4.29. The normalized spacial score (nSPS) is 10.6. The molecule has 1 rings (SSSR count). The Kier molecular flexibility index (Phi) is 4.58. The Hall–Kier alpha value is -0.380. The van der Waals surface area contributed by atoms with E-state index in [1.54, 1.807) is 7.11 Å². The van der Waals surface area contributed by atoms with Gasteiger partial charge in [0.1, 0.15) is 5.75 Å². The van der Waals surface area contributed by atoms with Crippen molar-refractivity contribution in [3.05, 3.63) is 28.8 Å². The number of hydrogen-bond acceptors (Lipinski definition) is 3. The highest BCUT2D eigenvalue weighted by molar-refractivity contribution is 7.80. The molecule has 0 spiro atoms. The fourth-order valence-electron chi connectivity index (χ4n) is 1.12. The first-order chi connectivity index (χ1) is 6.67. The van der Waals surface area contributed by atoms with Crippen molar-refractivity contribution in [1.29, 1.82) is 0 Å². The van der Waals surface area contributed by atoms with Crippen molar-refractivity contribution in [2.24, 2.45) is 0 Å². The smallest absolute Gasteiger partial charge is 0.120 e. The number of rotatable bonds is 4. The van der Waals surface area contributed by atoms with Gasteiger partial charge >= 0.3 is 0 Å². The lowest BCUT2D eigenvalue weighted by atomic mass is 10.2. The van der Waals surface area contributed by atoms with Gasteiger partial charge in [0.05, 0.1) is 7.11 Å². The highest BCUT2D eigenvalue weighted by Gasteiger charge is 2.04. The second kappa shape index (κ2) is 5.49. The summed E-state index contributed by atoms with van der Waals surface area (Å²) in [6.07, 6.45) is 0. The highest BCUT2D eigenvalue weighted by Crippen LogP contribution is 2.23. The third-order valence-corrected chi connectivity index (χ3v) is 2.78. The van der Waals surface area contributed by atoms with Gasteiger partial charge in [-0.2, -0.15) is 12.6 Å². The molecule has 0 atom stereocenters. The lowest BCUT2D eigenvalue weighted by Gasteiger charge is -2.14. The summed E-state index contributed by atoms with van der Waals surface area (Å²) >= 11 is 10.3. The molecule has 0 amide bonds. The van der Waals surface area contributed by atoms with Crippen LogP contribution in [0.25, 0.3) is 0 Å². The maximum atomic E-state index is 6.08. The molecule has 0 radical (unpaired) electrons. The maximum absolute atomic E-state index is 6.08. The largest absolute Gasteiger partial charge is 0.497 e. The van der Waals surface area contributed by atoms with Crippen LogP contribution < -0.4 is 4.74 Å². The third kappa shape index (κ3) is 3.08. The average molecular weight is 232 g/mol. The van der Waals surface area contributed by atoms with Crippen LogP contribution in [0.3, 0.4) is 0 Å². The van der Waals surface area contributed by atoms with Gasteiger partial charge in [-0.1, -0.05) is 17.7 Å². The maximum Gasteiger partial charge on any atom is 0.120 e. The van der Waals surface area contributed by atoms with Crippen molar-refractivity contribution in [2.75, 3.05) is 20.0 Å². The molecular weight excluding hydrogens is 218 g/mol. The van der Waals surface area contributed by atoms with Crippen LogP contribution in [0.15, 0.2) is 18.2 Å². The summed E-state index contributed by atoms with van der Waals surface area (Å²) in [5.74, 6) is 1.50. The van der Waals surface area contributed by atoms with Gasteiger partial charge in [-0.05, 0) is 24.7 Å². The SMILES string of the molecule is COc1ccc(CN(C)CS)c(Cl)c1. The van der Waals surface area contributed by atoms with Gasteiger partial charge in [0.15, 0.2) is 0 Å². The van der Waals surface area contributed by atoms with Gasteiger partial charge in [-0.3, -0.25) is 4.90 Å². The number of thiol groups is 1. The number of halogens is 1. The van der Waals surface area contributed by atoms with E-state index in [1.807, 2.05) is 25.2 Å². The van der Waals surface area contributed by atoms with Crippen LogP contribution in [0.1, 0.15) is 5.56 Å². The van der Waals surface area contributed by atoms with Crippen LogP contribution in [0, 0.1) is 0 Å². The summed E-state index contributed by atoms with van der Waals surface area (Å²) < 4.78 is 5.07. The molecule has 0 aromatic heterocycles. The van der Waals surface area contributed by atoms with Crippen LogP contribution in [-0.4, -0.2) is 24.9 Å². The number of ether oxygens (including phenoxy) is 1. The Morgan fingerprint density at radius 1 is 1.50 bits per heavy atom. The Balaban J connectivity index is 2.78. The summed E-state index contributed by atoms with van der Waals surface area (Å²) in [6, 6.07) is 5.71. The van der Waals surface area contributed by atoms with Gasteiger partial charge < -0.3 is 4.74 Å². The van der Waals surface area contributed by atoms with Crippen molar-refractivity contribution < 1.29 is 4.74 Å².